The van der Waals surface area contributed by atoms with E-state index in [2.05, 4.69) is 15.3 Å². The molecule has 11 heteroatoms. The lowest BCUT2D eigenvalue weighted by Gasteiger charge is -2.10. The second kappa shape index (κ2) is 7.76. The first kappa shape index (κ1) is 19.5. The number of non-ortho nitro benzene ring substituents is 1. The number of rotatable bonds is 6. The lowest BCUT2D eigenvalue weighted by atomic mass is 10.1. The summed E-state index contributed by atoms with van der Waals surface area (Å²) in [5, 5.41) is 24.8. The number of para-hydroxylation sites is 1. The van der Waals surface area contributed by atoms with E-state index < -0.39 is 33.3 Å². The van der Waals surface area contributed by atoms with Gasteiger partial charge < -0.3 is 5.32 Å². The fourth-order valence-electron chi connectivity index (χ4n) is 2.62. The van der Waals surface area contributed by atoms with Gasteiger partial charge in [-0.1, -0.05) is 18.2 Å². The van der Waals surface area contributed by atoms with Crippen molar-refractivity contribution in [1.82, 2.24) is 9.97 Å². The van der Waals surface area contributed by atoms with Gasteiger partial charge in [-0.15, -0.1) is 0 Å². The van der Waals surface area contributed by atoms with Crippen molar-refractivity contribution in [3.8, 4) is 0 Å². The van der Waals surface area contributed by atoms with E-state index in [1.165, 1.54) is 12.1 Å². The first-order valence-corrected chi connectivity index (χ1v) is 8.23. The van der Waals surface area contributed by atoms with E-state index in [1.807, 2.05) is 0 Å². The van der Waals surface area contributed by atoms with Gasteiger partial charge in [-0.2, -0.15) is 0 Å². The van der Waals surface area contributed by atoms with Crippen LogP contribution in [0.15, 0.2) is 48.7 Å². The predicted molar refractivity (Wildman–Crippen MR) is 101 cm³/mol. The third kappa shape index (κ3) is 4.03. The van der Waals surface area contributed by atoms with Crippen molar-refractivity contribution in [2.45, 2.75) is 13.0 Å². The van der Waals surface area contributed by atoms with Crippen molar-refractivity contribution in [2.75, 3.05) is 5.32 Å². The van der Waals surface area contributed by atoms with Crippen molar-refractivity contribution >= 4 is 34.1 Å². The van der Waals surface area contributed by atoms with Crippen molar-refractivity contribution in [3.05, 3.63) is 80.1 Å². The molecule has 0 fully saturated rings. The van der Waals surface area contributed by atoms with E-state index in [4.69, 9.17) is 0 Å². The van der Waals surface area contributed by atoms with Gasteiger partial charge in [-0.3, -0.25) is 34.8 Å². The highest BCUT2D eigenvalue weighted by atomic mass is 16.6. The monoisotopic (exact) mass is 395 g/mol. The van der Waals surface area contributed by atoms with Crippen LogP contribution in [0.3, 0.4) is 0 Å². The van der Waals surface area contributed by atoms with Gasteiger partial charge in [-0.05, 0) is 24.6 Å². The highest BCUT2D eigenvalue weighted by Gasteiger charge is 2.38. The number of Topliss-reactive ketones (excluding diaryl/α,β-unsaturated/α-hetero) is 1. The van der Waals surface area contributed by atoms with Crippen molar-refractivity contribution in [3.63, 3.8) is 0 Å². The van der Waals surface area contributed by atoms with Crippen LogP contribution in [0.2, 0.25) is 0 Å². The summed E-state index contributed by atoms with van der Waals surface area (Å²) in [6, 6.07) is 8.15. The van der Waals surface area contributed by atoms with Crippen LogP contribution >= 0.6 is 0 Å². The van der Waals surface area contributed by atoms with E-state index >= 15 is 0 Å². The summed E-state index contributed by atoms with van der Waals surface area (Å²) in [5.74, 6) is -2.51. The maximum atomic E-state index is 12.5. The largest absolute Gasteiger partial charge is 0.322 e. The summed E-state index contributed by atoms with van der Waals surface area (Å²) in [5.41, 5.74) is 0.573. The van der Waals surface area contributed by atoms with Crippen molar-refractivity contribution in [1.29, 1.82) is 0 Å². The smallest absolute Gasteiger partial charge is 0.319 e. The Hall–Kier alpha value is -4.28. The minimum atomic E-state index is -2.10. The van der Waals surface area contributed by atoms with E-state index in [-0.39, 0.29) is 16.7 Å². The fourth-order valence-corrected chi connectivity index (χ4v) is 2.62. The number of hydrogen-bond acceptors (Lipinski definition) is 8. The second-order valence-electron chi connectivity index (χ2n) is 6.05. The minimum Gasteiger partial charge on any atom is -0.319 e. The molecule has 0 saturated heterocycles. The van der Waals surface area contributed by atoms with Gasteiger partial charge in [0, 0.05) is 22.7 Å². The number of nitro groups is 2. The zero-order valence-electron chi connectivity index (χ0n) is 14.9. The molecule has 0 radical (unpaired) electrons. The number of carbonyl (C=O) groups is 2. The molecular weight excluding hydrogens is 382 g/mol. The molecule has 1 heterocycles. The maximum Gasteiger partial charge on any atom is 0.322 e. The molecular formula is C18H13N5O6. The van der Waals surface area contributed by atoms with E-state index in [0.29, 0.717) is 11.3 Å². The van der Waals surface area contributed by atoms with Gasteiger partial charge in [0.05, 0.1) is 22.2 Å². The van der Waals surface area contributed by atoms with Crippen LogP contribution in [0.1, 0.15) is 17.3 Å². The number of hydrogen-bond donors (Lipinski definition) is 1. The Kier molecular flexibility index (Phi) is 5.21. The number of ketones is 1. The molecule has 146 valence electrons. The van der Waals surface area contributed by atoms with Crippen LogP contribution in [0.25, 0.3) is 11.0 Å². The summed E-state index contributed by atoms with van der Waals surface area (Å²) in [4.78, 5) is 53.5. The van der Waals surface area contributed by atoms with Gasteiger partial charge in [0.2, 0.25) is 0 Å². The molecule has 0 saturated carbocycles. The average molecular weight is 395 g/mol. The van der Waals surface area contributed by atoms with Crippen LogP contribution in [0, 0.1) is 27.2 Å². The molecule has 1 amide bonds. The number of nitrogens with one attached hydrogen (secondary N) is 1. The summed E-state index contributed by atoms with van der Waals surface area (Å²) in [6.07, 6.45) is 1.00. The molecule has 3 aromatic rings. The molecule has 1 N–H and O–H groups in total. The highest BCUT2D eigenvalue weighted by molar-refractivity contribution is 6.42. The average Bonchev–Trinajstić information content (AvgIpc) is 2.68. The standard InChI is InChI=1S/C18H13N5O6/c1-10-4-2-3-5-12(10)21-18(25)17(24)16(23(28)29)15-9-19-13-7-6-11(22(26)27)8-14(13)20-15/h2-9,16H,1H3,(H,21,25). The summed E-state index contributed by atoms with van der Waals surface area (Å²) in [7, 11) is 0. The Labute approximate surface area is 162 Å². The summed E-state index contributed by atoms with van der Waals surface area (Å²) >= 11 is 0. The minimum absolute atomic E-state index is 0.00402. The number of nitrogens with zero attached hydrogens (tertiary/aromatic N) is 4. The lowest BCUT2D eigenvalue weighted by molar-refractivity contribution is -0.513. The van der Waals surface area contributed by atoms with Crippen LogP contribution in [-0.4, -0.2) is 31.5 Å². The van der Waals surface area contributed by atoms with Gasteiger partial charge in [0.1, 0.15) is 5.69 Å². The Morgan fingerprint density at radius 1 is 1.07 bits per heavy atom. The second-order valence-corrected chi connectivity index (χ2v) is 6.05. The van der Waals surface area contributed by atoms with Crippen LogP contribution < -0.4 is 5.32 Å². The van der Waals surface area contributed by atoms with Crippen molar-refractivity contribution < 1.29 is 19.4 Å². The predicted octanol–water partition coefficient (Wildman–Crippen LogP) is 2.37. The lowest BCUT2D eigenvalue weighted by Crippen LogP contribution is -2.33. The Balaban J connectivity index is 1.95. The maximum absolute atomic E-state index is 12.5. The molecule has 11 nitrogen and oxygen atoms in total. The number of anilines is 1. The Bertz CT molecular complexity index is 1160. The van der Waals surface area contributed by atoms with Gasteiger partial charge in [0.25, 0.3) is 17.4 Å². The number of benzene rings is 2. The third-order valence-corrected chi connectivity index (χ3v) is 4.11. The Morgan fingerprint density at radius 2 is 1.79 bits per heavy atom. The van der Waals surface area contributed by atoms with Gasteiger partial charge in [-0.25, -0.2) is 4.98 Å². The van der Waals surface area contributed by atoms with E-state index in [0.717, 1.165) is 12.3 Å². The quantitative estimate of drug-likeness (QED) is 0.378. The molecule has 1 unspecified atom stereocenters. The fraction of sp³-hybridized carbons (Fsp3) is 0.111. The van der Waals surface area contributed by atoms with Gasteiger partial charge >= 0.3 is 6.04 Å². The topological polar surface area (TPSA) is 158 Å². The number of aryl methyl sites for hydroxylation is 1. The number of aromatic nitrogens is 2. The van der Waals surface area contributed by atoms with Crippen LogP contribution in [0.5, 0.6) is 0 Å². The molecule has 3 rings (SSSR count). The van der Waals surface area contributed by atoms with E-state index in [1.54, 1.807) is 31.2 Å². The normalized spacial score (nSPS) is 11.6. The number of nitro benzene ring substituents is 1. The first-order valence-electron chi connectivity index (χ1n) is 8.23. The van der Waals surface area contributed by atoms with Crippen LogP contribution in [-0.2, 0) is 9.59 Å². The van der Waals surface area contributed by atoms with Crippen molar-refractivity contribution in [2.24, 2.45) is 0 Å². The number of fused-ring (bicyclic) bond motifs is 1. The molecule has 0 aliphatic rings. The number of carbonyl (C=O) groups excluding carboxylic acids is 2. The first-order chi connectivity index (χ1) is 13.8. The molecule has 29 heavy (non-hydrogen) atoms. The summed E-state index contributed by atoms with van der Waals surface area (Å²) < 4.78 is 0. The molecule has 0 spiro atoms. The van der Waals surface area contributed by atoms with Crippen LogP contribution in [0.4, 0.5) is 11.4 Å². The van der Waals surface area contributed by atoms with Gasteiger partial charge in [0.15, 0.2) is 0 Å². The SMILES string of the molecule is Cc1ccccc1NC(=O)C(=O)C(c1cnc2ccc([N+](=O)[O-])cc2n1)[N+](=O)[O-]. The molecule has 2 aromatic carbocycles. The van der Waals surface area contributed by atoms with E-state index in [9.17, 15) is 29.8 Å². The Morgan fingerprint density at radius 3 is 2.45 bits per heavy atom. The molecule has 0 aliphatic heterocycles. The summed E-state index contributed by atoms with van der Waals surface area (Å²) in [6.45, 7) is 1.70. The number of amides is 1. The highest BCUT2D eigenvalue weighted by Crippen LogP contribution is 2.22. The molecule has 0 bridgehead atoms. The molecule has 1 aromatic heterocycles. The molecule has 0 aliphatic carbocycles. The zero-order valence-corrected chi connectivity index (χ0v) is 14.9. The third-order valence-electron chi connectivity index (χ3n) is 4.11. The zero-order chi connectivity index (χ0) is 21.1. The molecule has 1 atom stereocenters.